The van der Waals surface area contributed by atoms with Gasteiger partial charge in [-0.25, -0.2) is 4.79 Å². The number of rotatable bonds is 10. The predicted molar refractivity (Wildman–Crippen MR) is 134 cm³/mol. The van der Waals surface area contributed by atoms with E-state index >= 15 is 0 Å². The van der Waals surface area contributed by atoms with Crippen LogP contribution in [0.2, 0.25) is 0 Å². The van der Waals surface area contributed by atoms with Crippen LogP contribution in [0.1, 0.15) is 51.1 Å². The van der Waals surface area contributed by atoms with Crippen molar-refractivity contribution in [3.05, 3.63) is 70.3 Å². The van der Waals surface area contributed by atoms with E-state index in [0.29, 0.717) is 22.3 Å². The molecule has 10 nitrogen and oxygen atoms in total. The quantitative estimate of drug-likeness (QED) is 0.285. The summed E-state index contributed by atoms with van der Waals surface area (Å²) in [7, 11) is 1.19. The van der Waals surface area contributed by atoms with Crippen LogP contribution in [0.5, 0.6) is 5.75 Å². The van der Waals surface area contributed by atoms with E-state index in [1.165, 1.54) is 25.3 Å². The van der Waals surface area contributed by atoms with Gasteiger partial charge in [0, 0.05) is 35.4 Å². The Hall–Kier alpha value is -4.65. The zero-order valence-corrected chi connectivity index (χ0v) is 20.5. The monoisotopic (exact) mass is 504 g/mol. The normalized spacial score (nSPS) is 13.0. The van der Waals surface area contributed by atoms with Gasteiger partial charge in [-0.1, -0.05) is 0 Å². The molecule has 3 rings (SSSR count). The van der Waals surface area contributed by atoms with Gasteiger partial charge in [-0.2, -0.15) is 5.26 Å². The van der Waals surface area contributed by atoms with Gasteiger partial charge in [-0.05, 0) is 61.4 Å². The van der Waals surface area contributed by atoms with Crippen molar-refractivity contribution in [1.82, 2.24) is 10.2 Å². The molecule has 0 saturated carbocycles. The van der Waals surface area contributed by atoms with E-state index in [-0.39, 0.29) is 42.7 Å². The van der Waals surface area contributed by atoms with E-state index < -0.39 is 11.9 Å². The van der Waals surface area contributed by atoms with Crippen molar-refractivity contribution in [2.45, 2.75) is 19.3 Å². The SMILES string of the molecule is COC(=O)C(=Cc1ccc(C#N)cc1OCCNC(=O)c1ccc(C(=O)N2CCCC2)cc1)CC(N)=O. The number of nitriles is 1. The highest BCUT2D eigenvalue weighted by Gasteiger charge is 2.19. The summed E-state index contributed by atoms with van der Waals surface area (Å²) < 4.78 is 10.5. The number of methoxy groups -OCH3 is 1. The average Bonchev–Trinajstić information content (AvgIpc) is 3.45. The van der Waals surface area contributed by atoms with Gasteiger partial charge in [0.15, 0.2) is 0 Å². The molecule has 192 valence electrons. The lowest BCUT2D eigenvalue weighted by Crippen LogP contribution is -2.29. The number of amides is 3. The number of benzene rings is 2. The van der Waals surface area contributed by atoms with Gasteiger partial charge >= 0.3 is 5.97 Å². The molecule has 3 amide bonds. The summed E-state index contributed by atoms with van der Waals surface area (Å²) in [6, 6.07) is 13.1. The number of ether oxygens (including phenoxy) is 2. The van der Waals surface area contributed by atoms with Crippen molar-refractivity contribution >= 4 is 29.8 Å². The Morgan fingerprint density at radius 2 is 1.76 bits per heavy atom. The Labute approximate surface area is 214 Å². The highest BCUT2D eigenvalue weighted by Crippen LogP contribution is 2.24. The molecule has 1 heterocycles. The zero-order chi connectivity index (χ0) is 26.8. The van der Waals surface area contributed by atoms with Gasteiger partial charge in [-0.3, -0.25) is 14.4 Å². The molecule has 2 aromatic rings. The first-order chi connectivity index (χ1) is 17.8. The molecule has 0 unspecified atom stereocenters. The number of primary amides is 1. The number of nitrogens with one attached hydrogen (secondary N) is 1. The average molecular weight is 505 g/mol. The number of nitrogens with two attached hydrogens (primary N) is 1. The summed E-state index contributed by atoms with van der Waals surface area (Å²) >= 11 is 0. The van der Waals surface area contributed by atoms with Crippen molar-refractivity contribution in [3.8, 4) is 11.8 Å². The van der Waals surface area contributed by atoms with Crippen LogP contribution in [-0.4, -0.2) is 61.9 Å². The smallest absolute Gasteiger partial charge is 0.334 e. The minimum absolute atomic E-state index is 0.0320. The number of hydrogen-bond acceptors (Lipinski definition) is 7. The minimum Gasteiger partial charge on any atom is -0.491 e. The highest BCUT2D eigenvalue weighted by molar-refractivity contribution is 5.99. The number of hydrogen-bond donors (Lipinski definition) is 2. The van der Waals surface area contributed by atoms with Crippen molar-refractivity contribution in [2.75, 3.05) is 33.4 Å². The van der Waals surface area contributed by atoms with Gasteiger partial charge in [-0.15, -0.1) is 0 Å². The third-order valence-electron chi connectivity index (χ3n) is 5.72. The van der Waals surface area contributed by atoms with Crippen LogP contribution in [0.3, 0.4) is 0 Å². The number of nitrogens with zero attached hydrogens (tertiary/aromatic N) is 2. The topological polar surface area (TPSA) is 152 Å². The molecule has 0 aliphatic carbocycles. The first-order valence-electron chi connectivity index (χ1n) is 11.7. The van der Waals surface area contributed by atoms with Crippen molar-refractivity contribution in [1.29, 1.82) is 5.26 Å². The molecule has 0 bridgehead atoms. The number of carbonyl (C=O) groups is 4. The summed E-state index contributed by atoms with van der Waals surface area (Å²) in [4.78, 5) is 50.1. The Morgan fingerprint density at radius 3 is 2.38 bits per heavy atom. The van der Waals surface area contributed by atoms with E-state index in [1.54, 1.807) is 35.2 Å². The van der Waals surface area contributed by atoms with Gasteiger partial charge in [0.25, 0.3) is 11.8 Å². The van der Waals surface area contributed by atoms with Crippen LogP contribution in [0.25, 0.3) is 6.08 Å². The molecule has 0 atom stereocenters. The van der Waals surface area contributed by atoms with E-state index in [9.17, 15) is 24.4 Å². The second-order valence-electron chi connectivity index (χ2n) is 8.35. The second kappa shape index (κ2) is 12.9. The Kier molecular flexibility index (Phi) is 9.38. The van der Waals surface area contributed by atoms with Crippen LogP contribution >= 0.6 is 0 Å². The van der Waals surface area contributed by atoms with Crippen LogP contribution in [0.15, 0.2) is 48.0 Å². The molecule has 0 aromatic heterocycles. The Morgan fingerprint density at radius 1 is 1.08 bits per heavy atom. The molecule has 1 fully saturated rings. The Bertz CT molecular complexity index is 1240. The lowest BCUT2D eigenvalue weighted by molar-refractivity contribution is -0.137. The van der Waals surface area contributed by atoms with E-state index in [4.69, 9.17) is 15.2 Å². The third-order valence-corrected chi connectivity index (χ3v) is 5.72. The molecule has 10 heteroatoms. The van der Waals surface area contributed by atoms with Gasteiger partial charge in [0.05, 0.1) is 31.7 Å². The van der Waals surface area contributed by atoms with Crippen LogP contribution in [0.4, 0.5) is 0 Å². The van der Waals surface area contributed by atoms with Crippen LogP contribution in [-0.2, 0) is 14.3 Å². The summed E-state index contributed by atoms with van der Waals surface area (Å²) in [6.07, 6.45) is 3.10. The van der Waals surface area contributed by atoms with E-state index in [1.807, 2.05) is 6.07 Å². The number of likely N-dealkylation sites (tertiary alicyclic amines) is 1. The summed E-state index contributed by atoms with van der Waals surface area (Å²) in [5.74, 6) is -1.50. The van der Waals surface area contributed by atoms with Gasteiger partial charge in [0.2, 0.25) is 5.91 Å². The van der Waals surface area contributed by atoms with Crippen LogP contribution in [0, 0.1) is 11.3 Å². The molecule has 1 saturated heterocycles. The fraction of sp³-hybridized carbons (Fsp3) is 0.296. The lowest BCUT2D eigenvalue weighted by Gasteiger charge is -2.15. The van der Waals surface area contributed by atoms with E-state index in [0.717, 1.165) is 25.9 Å². The summed E-state index contributed by atoms with van der Waals surface area (Å²) in [5, 5.41) is 12.0. The maximum absolute atomic E-state index is 12.5. The Balaban J connectivity index is 1.62. The first-order valence-corrected chi connectivity index (χ1v) is 11.7. The molecule has 0 radical (unpaired) electrons. The molecular weight excluding hydrogens is 476 g/mol. The maximum Gasteiger partial charge on any atom is 0.334 e. The molecule has 3 N–H and O–H groups in total. The largest absolute Gasteiger partial charge is 0.491 e. The minimum atomic E-state index is -0.713. The molecule has 0 spiro atoms. The molecular formula is C27H28N4O6. The second-order valence-corrected chi connectivity index (χ2v) is 8.35. The first kappa shape index (κ1) is 26.9. The van der Waals surface area contributed by atoms with Crippen molar-refractivity contribution in [2.24, 2.45) is 5.73 Å². The number of esters is 1. The zero-order valence-electron chi connectivity index (χ0n) is 20.5. The third kappa shape index (κ3) is 7.41. The predicted octanol–water partition coefficient (Wildman–Crippen LogP) is 2.03. The van der Waals surface area contributed by atoms with Gasteiger partial charge < -0.3 is 25.4 Å². The lowest BCUT2D eigenvalue weighted by atomic mass is 10.1. The van der Waals surface area contributed by atoms with Crippen LogP contribution < -0.4 is 15.8 Å². The number of carbonyl (C=O) groups excluding carboxylic acids is 4. The highest BCUT2D eigenvalue weighted by atomic mass is 16.5. The fourth-order valence-corrected chi connectivity index (χ4v) is 3.83. The van der Waals surface area contributed by atoms with E-state index in [2.05, 4.69) is 5.32 Å². The molecule has 37 heavy (non-hydrogen) atoms. The summed E-state index contributed by atoms with van der Waals surface area (Å²) in [6.45, 7) is 1.73. The fourth-order valence-electron chi connectivity index (χ4n) is 3.83. The van der Waals surface area contributed by atoms with Gasteiger partial charge in [0.1, 0.15) is 12.4 Å². The van der Waals surface area contributed by atoms with Crippen molar-refractivity contribution in [3.63, 3.8) is 0 Å². The molecule has 1 aliphatic rings. The standard InChI is InChI=1S/C27H28N4O6/c1-36-27(35)22(16-24(29)32)15-21-5-4-18(17-28)14-23(21)37-13-10-30-25(33)19-6-8-20(9-7-19)26(34)31-11-2-3-12-31/h4-9,14-15H,2-3,10-13,16H2,1H3,(H2,29,32)(H,30,33). The maximum atomic E-state index is 12.5. The summed E-state index contributed by atoms with van der Waals surface area (Å²) in [5.41, 5.74) is 6.97. The molecule has 1 aliphatic heterocycles. The molecule has 2 aromatic carbocycles. The van der Waals surface area contributed by atoms with Crippen molar-refractivity contribution < 1.29 is 28.7 Å².